The molecular weight excluding hydrogens is 234 g/mol. The van der Waals surface area contributed by atoms with Gasteiger partial charge in [0.2, 0.25) is 0 Å². The van der Waals surface area contributed by atoms with Crippen LogP contribution in [0.5, 0.6) is 0 Å². The van der Waals surface area contributed by atoms with Crippen molar-refractivity contribution in [3.05, 3.63) is 17.6 Å². The van der Waals surface area contributed by atoms with Crippen LogP contribution >= 0.6 is 0 Å². The van der Waals surface area contributed by atoms with Crippen molar-refractivity contribution in [2.45, 2.75) is 32.7 Å². The Labute approximate surface area is 106 Å². The van der Waals surface area contributed by atoms with Gasteiger partial charge in [-0.1, -0.05) is 13.8 Å². The molecule has 0 aromatic carbocycles. The Morgan fingerprint density at radius 1 is 1.50 bits per heavy atom. The molecule has 0 fully saturated rings. The monoisotopic (exact) mass is 253 g/mol. The number of ether oxygens (including phenoxy) is 1. The van der Waals surface area contributed by atoms with E-state index < -0.39 is 12.0 Å². The summed E-state index contributed by atoms with van der Waals surface area (Å²) in [6.07, 6.45) is 0. The lowest BCUT2D eigenvalue weighted by atomic mass is 10.2. The summed E-state index contributed by atoms with van der Waals surface area (Å²) < 4.78 is 4.86. The third-order valence-electron chi connectivity index (χ3n) is 2.34. The topological polar surface area (TPSA) is 84.3 Å². The maximum atomic E-state index is 11.0. The summed E-state index contributed by atoms with van der Waals surface area (Å²) in [7, 11) is 1.46. The average Bonchev–Trinajstić information content (AvgIpc) is 2.27. The summed E-state index contributed by atoms with van der Waals surface area (Å²) in [5.74, 6) is 0.421. The second-order valence-corrected chi connectivity index (χ2v) is 4.40. The second kappa shape index (κ2) is 6.30. The van der Waals surface area contributed by atoms with Crippen molar-refractivity contribution in [2.75, 3.05) is 19.0 Å². The number of hydrogen-bond donors (Lipinski definition) is 2. The van der Waals surface area contributed by atoms with E-state index in [2.05, 4.69) is 15.3 Å². The van der Waals surface area contributed by atoms with Crippen molar-refractivity contribution in [3.63, 3.8) is 0 Å². The van der Waals surface area contributed by atoms with Gasteiger partial charge in [0.25, 0.3) is 0 Å². The zero-order valence-corrected chi connectivity index (χ0v) is 11.1. The van der Waals surface area contributed by atoms with Gasteiger partial charge < -0.3 is 15.2 Å². The van der Waals surface area contributed by atoms with Crippen LogP contribution in [0.1, 0.15) is 31.3 Å². The number of carboxylic acids is 1. The van der Waals surface area contributed by atoms with E-state index in [1.807, 2.05) is 20.8 Å². The van der Waals surface area contributed by atoms with E-state index in [1.54, 1.807) is 6.07 Å². The predicted octanol–water partition coefficient (Wildman–Crippen LogP) is 1.42. The summed E-state index contributed by atoms with van der Waals surface area (Å²) >= 11 is 0. The van der Waals surface area contributed by atoms with Crippen LogP contribution in [0.25, 0.3) is 0 Å². The molecule has 2 N–H and O–H groups in total. The average molecular weight is 253 g/mol. The molecule has 0 bridgehead atoms. The van der Waals surface area contributed by atoms with Gasteiger partial charge in [-0.25, -0.2) is 14.8 Å². The van der Waals surface area contributed by atoms with Crippen LogP contribution in [-0.4, -0.2) is 40.8 Å². The highest BCUT2D eigenvalue weighted by atomic mass is 16.5. The van der Waals surface area contributed by atoms with Gasteiger partial charge in [0.15, 0.2) is 0 Å². The zero-order chi connectivity index (χ0) is 13.7. The number of nitrogens with zero attached hydrogens (tertiary/aromatic N) is 2. The van der Waals surface area contributed by atoms with Gasteiger partial charge in [-0.05, 0) is 6.92 Å². The van der Waals surface area contributed by atoms with Gasteiger partial charge >= 0.3 is 5.97 Å². The molecule has 0 saturated carbocycles. The Balaban J connectivity index is 2.91. The van der Waals surface area contributed by atoms with E-state index >= 15 is 0 Å². The van der Waals surface area contributed by atoms with Crippen LogP contribution < -0.4 is 5.32 Å². The maximum Gasteiger partial charge on any atom is 0.328 e. The molecule has 1 atom stereocenters. The van der Waals surface area contributed by atoms with E-state index in [0.29, 0.717) is 11.6 Å². The summed E-state index contributed by atoms with van der Waals surface area (Å²) in [4.78, 5) is 19.6. The maximum absolute atomic E-state index is 11.0. The quantitative estimate of drug-likeness (QED) is 0.797. The molecule has 1 unspecified atom stereocenters. The SMILES string of the molecule is COCC(Nc1cc(C)nc(C(C)C)n1)C(=O)O. The molecule has 1 aromatic heterocycles. The molecule has 1 aromatic rings. The molecule has 1 rings (SSSR count). The van der Waals surface area contributed by atoms with Gasteiger partial charge in [0.1, 0.15) is 17.7 Å². The van der Waals surface area contributed by atoms with Crippen LogP contribution in [0.2, 0.25) is 0 Å². The number of aromatic nitrogens is 2. The summed E-state index contributed by atoms with van der Waals surface area (Å²) in [6, 6.07) is 0.904. The minimum Gasteiger partial charge on any atom is -0.480 e. The van der Waals surface area contributed by atoms with Gasteiger partial charge in [-0.2, -0.15) is 0 Å². The van der Waals surface area contributed by atoms with Crippen molar-refractivity contribution in [1.82, 2.24) is 9.97 Å². The van der Waals surface area contributed by atoms with Crippen LogP contribution in [0.4, 0.5) is 5.82 Å². The van der Waals surface area contributed by atoms with Crippen LogP contribution in [0.3, 0.4) is 0 Å². The first kappa shape index (κ1) is 14.4. The van der Waals surface area contributed by atoms with Crippen molar-refractivity contribution in [2.24, 2.45) is 0 Å². The third kappa shape index (κ3) is 3.96. The number of aliphatic carboxylic acids is 1. The van der Waals surface area contributed by atoms with E-state index in [1.165, 1.54) is 7.11 Å². The van der Waals surface area contributed by atoms with E-state index in [9.17, 15) is 4.79 Å². The largest absolute Gasteiger partial charge is 0.480 e. The summed E-state index contributed by atoms with van der Waals surface area (Å²) in [5, 5.41) is 11.9. The Hall–Kier alpha value is -1.69. The predicted molar refractivity (Wildman–Crippen MR) is 67.8 cm³/mol. The molecule has 6 heteroatoms. The molecule has 6 nitrogen and oxygen atoms in total. The number of nitrogens with one attached hydrogen (secondary N) is 1. The highest BCUT2D eigenvalue weighted by molar-refractivity contribution is 5.77. The molecular formula is C12H19N3O3. The smallest absolute Gasteiger partial charge is 0.328 e. The highest BCUT2D eigenvalue weighted by Gasteiger charge is 2.18. The lowest BCUT2D eigenvalue weighted by molar-refractivity contribution is -0.139. The highest BCUT2D eigenvalue weighted by Crippen LogP contribution is 2.14. The number of rotatable bonds is 6. The number of hydrogen-bond acceptors (Lipinski definition) is 5. The molecule has 0 spiro atoms. The molecule has 100 valence electrons. The summed E-state index contributed by atoms with van der Waals surface area (Å²) in [6.45, 7) is 5.91. The number of anilines is 1. The number of aryl methyl sites for hydroxylation is 1. The molecule has 0 aliphatic rings. The van der Waals surface area contributed by atoms with Crippen LogP contribution in [0, 0.1) is 6.92 Å². The van der Waals surface area contributed by atoms with Crippen molar-refractivity contribution in [1.29, 1.82) is 0 Å². The fraction of sp³-hybridized carbons (Fsp3) is 0.583. The van der Waals surface area contributed by atoms with Gasteiger partial charge in [-0.3, -0.25) is 0 Å². The fourth-order valence-corrected chi connectivity index (χ4v) is 1.44. The number of carboxylic acid groups (broad SMARTS) is 1. The minimum absolute atomic E-state index is 0.0788. The minimum atomic E-state index is -0.973. The Morgan fingerprint density at radius 3 is 2.67 bits per heavy atom. The van der Waals surface area contributed by atoms with E-state index in [4.69, 9.17) is 9.84 Å². The number of methoxy groups -OCH3 is 1. The first-order valence-electron chi connectivity index (χ1n) is 5.78. The lowest BCUT2D eigenvalue weighted by Crippen LogP contribution is -2.34. The molecule has 0 aliphatic carbocycles. The fourth-order valence-electron chi connectivity index (χ4n) is 1.44. The lowest BCUT2D eigenvalue weighted by Gasteiger charge is -2.15. The van der Waals surface area contributed by atoms with Gasteiger partial charge in [-0.15, -0.1) is 0 Å². The Bertz CT molecular complexity index is 421. The summed E-state index contributed by atoms with van der Waals surface area (Å²) in [5.41, 5.74) is 0.803. The standard InChI is InChI=1S/C12H19N3O3/c1-7(2)11-13-8(3)5-10(15-11)14-9(6-18-4)12(16)17/h5,7,9H,6H2,1-4H3,(H,16,17)(H,13,14,15). The first-order chi connectivity index (χ1) is 8.43. The second-order valence-electron chi connectivity index (χ2n) is 4.40. The molecule has 0 saturated heterocycles. The number of carbonyl (C=O) groups is 1. The first-order valence-corrected chi connectivity index (χ1v) is 5.78. The molecule has 0 amide bonds. The third-order valence-corrected chi connectivity index (χ3v) is 2.34. The van der Waals surface area contributed by atoms with Gasteiger partial charge in [0, 0.05) is 24.8 Å². The van der Waals surface area contributed by atoms with Crippen molar-refractivity contribution < 1.29 is 14.6 Å². The zero-order valence-electron chi connectivity index (χ0n) is 11.1. The molecule has 0 aliphatic heterocycles. The Kier molecular flexibility index (Phi) is 5.03. The van der Waals surface area contributed by atoms with E-state index in [0.717, 1.165) is 5.69 Å². The van der Waals surface area contributed by atoms with Gasteiger partial charge in [0.05, 0.1) is 6.61 Å². The normalized spacial score (nSPS) is 12.5. The molecule has 0 radical (unpaired) electrons. The van der Waals surface area contributed by atoms with Crippen molar-refractivity contribution >= 4 is 11.8 Å². The Morgan fingerprint density at radius 2 is 2.17 bits per heavy atom. The van der Waals surface area contributed by atoms with Crippen LogP contribution in [0.15, 0.2) is 6.07 Å². The van der Waals surface area contributed by atoms with Crippen LogP contribution in [-0.2, 0) is 9.53 Å². The molecule has 18 heavy (non-hydrogen) atoms. The molecule has 1 heterocycles. The van der Waals surface area contributed by atoms with E-state index in [-0.39, 0.29) is 12.5 Å². The van der Waals surface area contributed by atoms with Crippen molar-refractivity contribution in [3.8, 4) is 0 Å².